The third-order valence-corrected chi connectivity index (χ3v) is 6.45. The molecule has 2 aromatic carbocycles. The summed E-state index contributed by atoms with van der Waals surface area (Å²) < 4.78 is 29.4. The number of nitrogens with one attached hydrogen (secondary N) is 1. The Labute approximate surface area is 195 Å². The Morgan fingerprint density at radius 2 is 1.97 bits per heavy atom. The first-order valence-electron chi connectivity index (χ1n) is 11.2. The van der Waals surface area contributed by atoms with Crippen LogP contribution in [-0.4, -0.2) is 32.6 Å². The zero-order chi connectivity index (χ0) is 22.8. The van der Waals surface area contributed by atoms with Crippen LogP contribution in [0.4, 0.5) is 8.78 Å². The Kier molecular flexibility index (Phi) is 6.33. The van der Waals surface area contributed by atoms with Crippen LogP contribution in [0.1, 0.15) is 24.2 Å². The van der Waals surface area contributed by atoms with Gasteiger partial charge in [0.2, 0.25) is 0 Å². The molecule has 1 fully saturated rings. The summed E-state index contributed by atoms with van der Waals surface area (Å²) in [6.07, 6.45) is 4.82. The number of piperidine rings is 1. The standard InChI is InChI=1S/C25H24ClF2N5/c26-20-6-2-1-5-19(20)24-31-22-14-30-23(10-8-17-7-9-18(27)12-21(17)28)32-25(22)33(24)15-16-4-3-11-29-13-16/h1-2,5-7,9,12,14,16,29H,3-4,8,10-11,13,15H2/t16-/m1/s1. The fourth-order valence-electron chi connectivity index (χ4n) is 4.40. The van der Waals surface area contributed by atoms with E-state index in [9.17, 15) is 8.78 Å². The lowest BCUT2D eigenvalue weighted by Gasteiger charge is -2.24. The van der Waals surface area contributed by atoms with Crippen molar-refractivity contribution < 1.29 is 8.78 Å². The van der Waals surface area contributed by atoms with Crippen LogP contribution >= 0.6 is 11.6 Å². The van der Waals surface area contributed by atoms with Crippen molar-refractivity contribution in [3.63, 3.8) is 0 Å². The van der Waals surface area contributed by atoms with E-state index in [1.54, 1.807) is 6.20 Å². The van der Waals surface area contributed by atoms with Crippen molar-refractivity contribution in [2.24, 2.45) is 5.92 Å². The Morgan fingerprint density at radius 1 is 1.09 bits per heavy atom. The highest BCUT2D eigenvalue weighted by Gasteiger charge is 2.21. The maximum Gasteiger partial charge on any atom is 0.164 e. The number of benzene rings is 2. The Bertz CT molecular complexity index is 1280. The first kappa shape index (κ1) is 21.9. The fourth-order valence-corrected chi connectivity index (χ4v) is 4.62. The largest absolute Gasteiger partial charge is 0.316 e. The summed E-state index contributed by atoms with van der Waals surface area (Å²) in [6, 6.07) is 11.3. The monoisotopic (exact) mass is 467 g/mol. The van der Waals surface area contributed by atoms with Crippen LogP contribution in [0.2, 0.25) is 5.02 Å². The van der Waals surface area contributed by atoms with Crippen LogP contribution in [0.25, 0.3) is 22.6 Å². The molecule has 4 aromatic rings. The van der Waals surface area contributed by atoms with E-state index in [1.807, 2.05) is 24.3 Å². The van der Waals surface area contributed by atoms with E-state index in [4.69, 9.17) is 21.6 Å². The number of aromatic nitrogens is 4. The highest BCUT2D eigenvalue weighted by Crippen LogP contribution is 2.31. The van der Waals surface area contributed by atoms with Crippen LogP contribution in [-0.2, 0) is 19.4 Å². The van der Waals surface area contributed by atoms with E-state index in [2.05, 4.69) is 14.9 Å². The van der Waals surface area contributed by atoms with Crippen molar-refractivity contribution in [3.05, 3.63) is 76.7 Å². The molecule has 0 spiro atoms. The molecule has 1 N–H and O–H groups in total. The van der Waals surface area contributed by atoms with E-state index < -0.39 is 11.6 Å². The summed E-state index contributed by atoms with van der Waals surface area (Å²) in [5, 5.41) is 4.11. The SMILES string of the molecule is Fc1ccc(CCc2ncc3nc(-c4ccccc4Cl)n(C[C@@H]4CCCNC4)c3n2)c(F)c1. The molecule has 8 heteroatoms. The van der Waals surface area contributed by atoms with Gasteiger partial charge < -0.3 is 9.88 Å². The number of hydrogen-bond acceptors (Lipinski definition) is 4. The smallest absolute Gasteiger partial charge is 0.164 e. The van der Waals surface area contributed by atoms with Crippen molar-refractivity contribution in [1.29, 1.82) is 0 Å². The minimum absolute atomic E-state index is 0.385. The van der Waals surface area contributed by atoms with Gasteiger partial charge in [0.05, 0.1) is 11.2 Å². The number of nitrogens with zero attached hydrogens (tertiary/aromatic N) is 4. The molecule has 0 unspecified atom stereocenters. The van der Waals surface area contributed by atoms with Crippen LogP contribution in [0.3, 0.4) is 0 Å². The first-order valence-corrected chi connectivity index (χ1v) is 11.6. The minimum Gasteiger partial charge on any atom is -0.316 e. The summed E-state index contributed by atoms with van der Waals surface area (Å²) >= 11 is 6.51. The average molecular weight is 468 g/mol. The van der Waals surface area contributed by atoms with Crippen molar-refractivity contribution in [2.45, 2.75) is 32.2 Å². The van der Waals surface area contributed by atoms with Crippen LogP contribution in [0.5, 0.6) is 0 Å². The number of halogens is 3. The van der Waals surface area contributed by atoms with Gasteiger partial charge in [-0.3, -0.25) is 0 Å². The molecule has 33 heavy (non-hydrogen) atoms. The van der Waals surface area contributed by atoms with E-state index in [0.717, 1.165) is 55.6 Å². The van der Waals surface area contributed by atoms with Crippen LogP contribution < -0.4 is 5.32 Å². The molecule has 1 aliphatic heterocycles. The van der Waals surface area contributed by atoms with Crippen LogP contribution in [0.15, 0.2) is 48.7 Å². The molecule has 1 atom stereocenters. The van der Waals surface area contributed by atoms with Gasteiger partial charge in [-0.15, -0.1) is 0 Å². The van der Waals surface area contributed by atoms with E-state index in [-0.39, 0.29) is 0 Å². The zero-order valence-corrected chi connectivity index (χ0v) is 18.8. The maximum absolute atomic E-state index is 14.0. The van der Waals surface area contributed by atoms with Crippen molar-refractivity contribution in [2.75, 3.05) is 13.1 Å². The van der Waals surface area contributed by atoms with Gasteiger partial charge in [-0.05, 0) is 62.0 Å². The number of imidazole rings is 1. The summed E-state index contributed by atoms with van der Waals surface area (Å²) in [7, 11) is 0. The van der Waals surface area contributed by atoms with Gasteiger partial charge in [-0.2, -0.15) is 0 Å². The lowest BCUT2D eigenvalue weighted by Crippen LogP contribution is -2.32. The minimum atomic E-state index is -0.581. The Balaban J connectivity index is 1.50. The average Bonchev–Trinajstić information content (AvgIpc) is 3.17. The Hall–Kier alpha value is -2.90. The lowest BCUT2D eigenvalue weighted by molar-refractivity contribution is 0.341. The molecule has 170 valence electrons. The summed E-state index contributed by atoms with van der Waals surface area (Å²) in [6.45, 7) is 2.77. The van der Waals surface area contributed by atoms with Crippen molar-refractivity contribution in [1.82, 2.24) is 24.8 Å². The predicted molar refractivity (Wildman–Crippen MR) is 125 cm³/mol. The van der Waals surface area contributed by atoms with Crippen LogP contribution in [0, 0.1) is 17.6 Å². The number of hydrogen-bond donors (Lipinski definition) is 1. The molecule has 1 aliphatic rings. The topological polar surface area (TPSA) is 55.6 Å². The zero-order valence-electron chi connectivity index (χ0n) is 18.1. The molecule has 0 amide bonds. The molecule has 0 aliphatic carbocycles. The Morgan fingerprint density at radius 3 is 2.76 bits per heavy atom. The first-order chi connectivity index (χ1) is 16.1. The maximum atomic E-state index is 14.0. The molecule has 3 heterocycles. The van der Waals surface area contributed by atoms with E-state index in [0.29, 0.717) is 40.7 Å². The summed E-state index contributed by atoms with van der Waals surface area (Å²) in [5.74, 6) is 0.704. The second-order valence-electron chi connectivity index (χ2n) is 8.47. The number of rotatable bonds is 6. The van der Waals surface area contributed by atoms with Gasteiger partial charge in [0, 0.05) is 24.6 Å². The number of aryl methyl sites for hydroxylation is 2. The van der Waals surface area contributed by atoms with Crippen molar-refractivity contribution >= 4 is 22.8 Å². The second-order valence-corrected chi connectivity index (χ2v) is 8.88. The molecule has 5 nitrogen and oxygen atoms in total. The third kappa shape index (κ3) is 4.75. The van der Waals surface area contributed by atoms with E-state index in [1.165, 1.54) is 12.1 Å². The predicted octanol–water partition coefficient (Wildman–Crippen LogP) is 5.21. The molecule has 0 saturated carbocycles. The normalized spacial score (nSPS) is 16.4. The number of fused-ring (bicyclic) bond motifs is 1. The van der Waals surface area contributed by atoms with Gasteiger partial charge in [-0.1, -0.05) is 29.8 Å². The fraction of sp³-hybridized carbons (Fsp3) is 0.320. The highest BCUT2D eigenvalue weighted by atomic mass is 35.5. The second kappa shape index (κ2) is 9.53. The van der Waals surface area contributed by atoms with Gasteiger partial charge >= 0.3 is 0 Å². The summed E-state index contributed by atoms with van der Waals surface area (Å²) in [4.78, 5) is 14.1. The third-order valence-electron chi connectivity index (χ3n) is 6.13. The molecule has 1 saturated heterocycles. The summed E-state index contributed by atoms with van der Waals surface area (Å²) in [5.41, 5.74) is 2.75. The lowest BCUT2D eigenvalue weighted by atomic mass is 9.99. The van der Waals surface area contributed by atoms with Gasteiger partial charge in [-0.25, -0.2) is 23.7 Å². The van der Waals surface area contributed by atoms with Crippen molar-refractivity contribution in [3.8, 4) is 11.4 Å². The van der Waals surface area contributed by atoms with Gasteiger partial charge in [0.15, 0.2) is 5.65 Å². The molecular weight excluding hydrogens is 444 g/mol. The van der Waals surface area contributed by atoms with Gasteiger partial charge in [0.1, 0.15) is 28.8 Å². The molecule has 2 aromatic heterocycles. The molecule has 0 radical (unpaired) electrons. The van der Waals surface area contributed by atoms with E-state index >= 15 is 0 Å². The molecule has 5 rings (SSSR count). The molecule has 0 bridgehead atoms. The quantitative estimate of drug-likeness (QED) is 0.423. The highest BCUT2D eigenvalue weighted by molar-refractivity contribution is 6.33. The molecular formula is C25H24ClF2N5. The van der Waals surface area contributed by atoms with Gasteiger partial charge in [0.25, 0.3) is 0 Å².